The SMILES string of the molecule is O=C1NC(=O)/C(=C\c2cn(S(=O)(=O)c3cccs3)c3ccc(OCc4ccccc4)cc23)S1. The van der Waals surface area contributed by atoms with E-state index >= 15 is 0 Å². The summed E-state index contributed by atoms with van der Waals surface area (Å²) in [5.74, 6) is 0.0420. The summed E-state index contributed by atoms with van der Waals surface area (Å²) in [6, 6.07) is 18.0. The molecule has 4 aromatic rings. The van der Waals surface area contributed by atoms with Crippen LogP contribution in [-0.4, -0.2) is 23.5 Å². The summed E-state index contributed by atoms with van der Waals surface area (Å²) in [4.78, 5) is 23.9. The molecule has 3 heterocycles. The van der Waals surface area contributed by atoms with E-state index in [1.54, 1.807) is 35.7 Å². The number of ether oxygens (including phenoxy) is 1. The van der Waals surface area contributed by atoms with Crippen molar-refractivity contribution in [2.75, 3.05) is 0 Å². The number of thioether (sulfide) groups is 1. The molecule has 1 aliphatic rings. The zero-order chi connectivity index (χ0) is 23.0. The quantitative estimate of drug-likeness (QED) is 0.384. The van der Waals surface area contributed by atoms with Gasteiger partial charge in [0.25, 0.3) is 21.2 Å². The molecule has 2 amide bonds. The lowest BCUT2D eigenvalue weighted by atomic mass is 10.1. The molecule has 1 saturated heterocycles. The number of amides is 2. The number of imide groups is 1. The third-order valence-electron chi connectivity index (χ3n) is 4.96. The maximum absolute atomic E-state index is 13.3. The summed E-state index contributed by atoms with van der Waals surface area (Å²) in [5.41, 5.74) is 1.93. The monoisotopic (exact) mass is 496 g/mol. The lowest BCUT2D eigenvalue weighted by Crippen LogP contribution is -2.17. The fraction of sp³-hybridized carbons (Fsp3) is 0.0435. The highest BCUT2D eigenvalue weighted by Crippen LogP contribution is 2.34. The maximum atomic E-state index is 13.3. The molecule has 0 saturated carbocycles. The Morgan fingerprint density at radius 1 is 1.03 bits per heavy atom. The first-order valence-electron chi connectivity index (χ1n) is 9.77. The molecule has 1 fully saturated rings. The summed E-state index contributed by atoms with van der Waals surface area (Å²) >= 11 is 1.90. The molecule has 33 heavy (non-hydrogen) atoms. The molecule has 0 unspecified atom stereocenters. The Hall–Kier alpha value is -3.34. The highest BCUT2D eigenvalue weighted by atomic mass is 32.2. The van der Waals surface area contributed by atoms with Crippen molar-refractivity contribution >= 4 is 61.2 Å². The van der Waals surface area contributed by atoms with Gasteiger partial charge in [-0.25, -0.2) is 3.97 Å². The number of hydrogen-bond acceptors (Lipinski definition) is 7. The molecular weight excluding hydrogens is 480 g/mol. The minimum absolute atomic E-state index is 0.197. The molecule has 2 aromatic carbocycles. The highest BCUT2D eigenvalue weighted by molar-refractivity contribution is 8.18. The number of nitrogens with zero attached hydrogens (tertiary/aromatic N) is 1. The Labute approximate surface area is 197 Å². The topological polar surface area (TPSA) is 94.5 Å². The van der Waals surface area contributed by atoms with Crippen molar-refractivity contribution in [3.05, 3.63) is 88.3 Å². The van der Waals surface area contributed by atoms with Crippen molar-refractivity contribution in [2.45, 2.75) is 10.8 Å². The first-order chi connectivity index (χ1) is 15.9. The number of benzene rings is 2. The van der Waals surface area contributed by atoms with Crippen LogP contribution < -0.4 is 10.1 Å². The molecule has 0 spiro atoms. The number of carbonyl (C=O) groups excluding carboxylic acids is 2. The van der Waals surface area contributed by atoms with E-state index < -0.39 is 21.2 Å². The Bertz CT molecular complexity index is 1500. The van der Waals surface area contributed by atoms with Crippen LogP contribution in [0.2, 0.25) is 0 Å². The minimum Gasteiger partial charge on any atom is -0.489 e. The van der Waals surface area contributed by atoms with Gasteiger partial charge in [0.1, 0.15) is 16.6 Å². The van der Waals surface area contributed by atoms with Crippen molar-refractivity contribution < 1.29 is 22.7 Å². The van der Waals surface area contributed by atoms with Gasteiger partial charge in [-0.05, 0) is 53.0 Å². The Balaban J connectivity index is 1.61. The van der Waals surface area contributed by atoms with Crippen LogP contribution in [0.3, 0.4) is 0 Å². The number of thiophene rings is 1. The van der Waals surface area contributed by atoms with Gasteiger partial charge in [-0.1, -0.05) is 36.4 Å². The Kier molecular flexibility index (Phi) is 5.57. The van der Waals surface area contributed by atoms with Crippen molar-refractivity contribution in [1.82, 2.24) is 9.29 Å². The first-order valence-corrected chi connectivity index (χ1v) is 12.9. The van der Waals surface area contributed by atoms with Crippen LogP contribution in [0.5, 0.6) is 5.75 Å². The van der Waals surface area contributed by atoms with E-state index in [2.05, 4.69) is 5.32 Å². The predicted octanol–water partition coefficient (Wildman–Crippen LogP) is 4.84. The van der Waals surface area contributed by atoms with Crippen molar-refractivity contribution in [2.24, 2.45) is 0 Å². The molecule has 7 nitrogen and oxygen atoms in total. The van der Waals surface area contributed by atoms with E-state index in [-0.39, 0.29) is 9.11 Å². The number of nitrogens with one attached hydrogen (secondary N) is 1. The zero-order valence-corrected chi connectivity index (χ0v) is 19.4. The average Bonchev–Trinajstić information content (AvgIpc) is 3.53. The summed E-state index contributed by atoms with van der Waals surface area (Å²) in [5, 5.41) is 4.03. The van der Waals surface area contributed by atoms with Crippen LogP contribution in [0.15, 0.2) is 81.4 Å². The first kappa shape index (κ1) is 21.5. The van der Waals surface area contributed by atoms with Gasteiger partial charge in [0, 0.05) is 17.1 Å². The van der Waals surface area contributed by atoms with Crippen LogP contribution >= 0.6 is 23.1 Å². The van der Waals surface area contributed by atoms with Crippen LogP contribution in [0.1, 0.15) is 11.1 Å². The highest BCUT2D eigenvalue weighted by Gasteiger charge is 2.27. The largest absolute Gasteiger partial charge is 0.489 e. The maximum Gasteiger partial charge on any atom is 0.290 e. The number of aromatic nitrogens is 1. The van der Waals surface area contributed by atoms with Gasteiger partial charge in [0.2, 0.25) is 0 Å². The van der Waals surface area contributed by atoms with E-state index in [0.717, 1.165) is 28.7 Å². The molecule has 5 rings (SSSR count). The number of rotatable bonds is 6. The standard InChI is InChI=1S/C23H16N2O5S3/c26-22-20(32-23(27)24-22)11-16-13-25(33(28,29)21-7-4-10-31-21)19-9-8-17(12-18(16)19)30-14-15-5-2-1-3-6-15/h1-13H,14H2,(H,24,26,27)/b20-11+. The second kappa shape index (κ2) is 8.54. The van der Waals surface area contributed by atoms with Crippen LogP contribution in [0, 0.1) is 0 Å². The van der Waals surface area contributed by atoms with E-state index in [9.17, 15) is 18.0 Å². The molecule has 1 aliphatic heterocycles. The van der Waals surface area contributed by atoms with Crippen LogP contribution in [0.4, 0.5) is 4.79 Å². The van der Waals surface area contributed by atoms with Gasteiger partial charge in [-0.2, -0.15) is 8.42 Å². The molecule has 1 N–H and O–H groups in total. The zero-order valence-electron chi connectivity index (χ0n) is 16.9. The number of fused-ring (bicyclic) bond motifs is 1. The number of hydrogen-bond donors (Lipinski definition) is 1. The second-order valence-electron chi connectivity index (χ2n) is 7.12. The molecule has 166 valence electrons. The van der Waals surface area contributed by atoms with E-state index in [4.69, 9.17) is 4.74 Å². The molecule has 0 radical (unpaired) electrons. The van der Waals surface area contributed by atoms with Crippen molar-refractivity contribution in [3.8, 4) is 5.75 Å². The summed E-state index contributed by atoms with van der Waals surface area (Å²) in [7, 11) is -3.84. The molecule has 10 heteroatoms. The average molecular weight is 497 g/mol. The summed E-state index contributed by atoms with van der Waals surface area (Å²) in [6.07, 6.45) is 2.99. The Morgan fingerprint density at radius 2 is 1.85 bits per heavy atom. The third kappa shape index (κ3) is 4.20. The molecule has 2 aromatic heterocycles. The number of carbonyl (C=O) groups is 2. The molecule has 0 atom stereocenters. The van der Waals surface area contributed by atoms with Crippen molar-refractivity contribution in [1.29, 1.82) is 0 Å². The van der Waals surface area contributed by atoms with E-state index in [1.165, 1.54) is 16.2 Å². The lowest BCUT2D eigenvalue weighted by Gasteiger charge is -2.08. The lowest BCUT2D eigenvalue weighted by molar-refractivity contribution is -0.115. The fourth-order valence-electron chi connectivity index (χ4n) is 3.42. The van der Waals surface area contributed by atoms with Gasteiger partial charge in [-0.3, -0.25) is 14.9 Å². The third-order valence-corrected chi connectivity index (χ3v) is 8.82. The van der Waals surface area contributed by atoms with Crippen LogP contribution in [0.25, 0.3) is 17.0 Å². The van der Waals surface area contributed by atoms with Gasteiger partial charge in [-0.15, -0.1) is 11.3 Å². The van der Waals surface area contributed by atoms with E-state index in [1.807, 2.05) is 30.3 Å². The summed E-state index contributed by atoms with van der Waals surface area (Å²) in [6.45, 7) is 0.351. The molecule has 0 aliphatic carbocycles. The van der Waals surface area contributed by atoms with Gasteiger partial charge in [0.05, 0.1) is 10.4 Å². The minimum atomic E-state index is -3.84. The smallest absolute Gasteiger partial charge is 0.290 e. The normalized spacial score (nSPS) is 15.3. The second-order valence-corrected chi connectivity index (χ2v) is 11.1. The summed E-state index contributed by atoms with van der Waals surface area (Å²) < 4.78 is 33.8. The van der Waals surface area contributed by atoms with Gasteiger partial charge in [0.15, 0.2) is 0 Å². The van der Waals surface area contributed by atoms with Crippen LogP contribution in [-0.2, 0) is 21.4 Å². The van der Waals surface area contributed by atoms with Crippen molar-refractivity contribution in [3.63, 3.8) is 0 Å². The van der Waals surface area contributed by atoms with E-state index in [0.29, 0.717) is 28.8 Å². The van der Waals surface area contributed by atoms with Gasteiger partial charge < -0.3 is 4.74 Å². The van der Waals surface area contributed by atoms with Gasteiger partial charge >= 0.3 is 0 Å². The predicted molar refractivity (Wildman–Crippen MR) is 129 cm³/mol. The molecular formula is C23H16N2O5S3. The fourth-order valence-corrected chi connectivity index (χ4v) is 6.55. The Morgan fingerprint density at radius 3 is 2.55 bits per heavy atom. The molecule has 0 bridgehead atoms.